The molecule has 0 unspecified atom stereocenters. The quantitative estimate of drug-likeness (QED) is 0.735. The van der Waals surface area contributed by atoms with Crippen molar-refractivity contribution in [2.45, 2.75) is 0 Å². The summed E-state index contributed by atoms with van der Waals surface area (Å²) in [6.45, 7) is 0.949. The first kappa shape index (κ1) is 13.4. The van der Waals surface area contributed by atoms with Gasteiger partial charge in [0, 0.05) is 11.6 Å². The van der Waals surface area contributed by atoms with Crippen molar-refractivity contribution in [1.82, 2.24) is 14.6 Å². The third kappa shape index (κ3) is 2.11. The van der Waals surface area contributed by atoms with Gasteiger partial charge in [-0.05, 0) is 18.2 Å². The summed E-state index contributed by atoms with van der Waals surface area (Å²) in [6.07, 6.45) is 1.14. The van der Waals surface area contributed by atoms with Crippen LogP contribution in [0.4, 0.5) is 0 Å². The lowest BCUT2D eigenvalue weighted by molar-refractivity contribution is 0.0699. The lowest BCUT2D eigenvalue weighted by atomic mass is 10.1. The van der Waals surface area contributed by atoms with Gasteiger partial charge in [0.25, 0.3) is 5.56 Å². The minimum absolute atomic E-state index is 0.0681. The third-order valence-corrected chi connectivity index (χ3v) is 3.58. The van der Waals surface area contributed by atoms with E-state index in [4.69, 9.17) is 9.47 Å². The summed E-state index contributed by atoms with van der Waals surface area (Å²) < 4.78 is 12.0. The maximum absolute atomic E-state index is 12.1. The molecular formula is C15H11N3O5. The number of nitrogens with zero attached hydrogens (tertiary/aromatic N) is 2. The molecule has 2 N–H and O–H groups in total. The smallest absolute Gasteiger partial charge is 0.341 e. The van der Waals surface area contributed by atoms with Crippen LogP contribution < -0.4 is 15.0 Å². The largest absolute Gasteiger partial charge is 0.486 e. The van der Waals surface area contributed by atoms with Crippen molar-refractivity contribution >= 4 is 11.6 Å². The average molecular weight is 313 g/mol. The Bertz CT molecular complexity index is 988. The summed E-state index contributed by atoms with van der Waals surface area (Å²) in [5.41, 5.74) is 0.807. The van der Waals surface area contributed by atoms with E-state index in [2.05, 4.69) is 10.1 Å². The molecule has 1 aliphatic rings. The number of hydrogen-bond donors (Lipinski definition) is 2. The molecular weight excluding hydrogens is 302 g/mol. The number of carbonyl (C=O) groups is 1. The van der Waals surface area contributed by atoms with Crippen LogP contribution in [0.2, 0.25) is 0 Å². The minimum atomic E-state index is -1.16. The van der Waals surface area contributed by atoms with Crippen molar-refractivity contribution in [3.8, 4) is 22.8 Å². The first-order valence-electron chi connectivity index (χ1n) is 6.88. The highest BCUT2D eigenvalue weighted by molar-refractivity contribution is 5.94. The molecule has 0 aliphatic carbocycles. The van der Waals surface area contributed by atoms with Crippen LogP contribution in [0.5, 0.6) is 11.5 Å². The Labute approximate surface area is 128 Å². The second kappa shape index (κ2) is 4.87. The average Bonchev–Trinajstić information content (AvgIpc) is 2.99. The molecule has 0 atom stereocenters. The molecule has 0 radical (unpaired) electrons. The van der Waals surface area contributed by atoms with E-state index in [0.29, 0.717) is 36.0 Å². The fourth-order valence-corrected chi connectivity index (χ4v) is 2.51. The first-order chi connectivity index (χ1) is 11.1. The van der Waals surface area contributed by atoms with Gasteiger partial charge in [-0.2, -0.15) is 9.61 Å². The van der Waals surface area contributed by atoms with Crippen LogP contribution in [-0.4, -0.2) is 38.9 Å². The molecule has 1 aliphatic heterocycles. The second-order valence-corrected chi connectivity index (χ2v) is 5.00. The maximum atomic E-state index is 12.1. The topological polar surface area (TPSA) is 106 Å². The number of carboxylic acids is 1. The van der Waals surface area contributed by atoms with Crippen LogP contribution in [0.25, 0.3) is 16.9 Å². The van der Waals surface area contributed by atoms with Gasteiger partial charge in [-0.15, -0.1) is 0 Å². The van der Waals surface area contributed by atoms with E-state index in [1.807, 2.05) is 0 Å². The summed E-state index contributed by atoms with van der Waals surface area (Å²) in [5.74, 6) is 0.0652. The highest BCUT2D eigenvalue weighted by Gasteiger charge is 2.16. The highest BCUT2D eigenvalue weighted by atomic mass is 16.6. The summed E-state index contributed by atoms with van der Waals surface area (Å²) >= 11 is 0. The Kier molecular flexibility index (Phi) is 2.83. The number of hydrogen-bond acceptors (Lipinski definition) is 5. The van der Waals surface area contributed by atoms with Gasteiger partial charge in [-0.3, -0.25) is 4.79 Å². The molecule has 8 nitrogen and oxygen atoms in total. The highest BCUT2D eigenvalue weighted by Crippen LogP contribution is 2.33. The second-order valence-electron chi connectivity index (χ2n) is 5.00. The van der Waals surface area contributed by atoms with Gasteiger partial charge < -0.3 is 19.6 Å². The van der Waals surface area contributed by atoms with Gasteiger partial charge in [-0.1, -0.05) is 0 Å². The Morgan fingerprint density at radius 1 is 1.22 bits per heavy atom. The van der Waals surface area contributed by atoms with E-state index >= 15 is 0 Å². The molecule has 23 heavy (non-hydrogen) atoms. The number of ether oxygens (including phenoxy) is 2. The van der Waals surface area contributed by atoms with Crippen LogP contribution >= 0.6 is 0 Å². The molecule has 0 saturated carbocycles. The van der Waals surface area contributed by atoms with Crippen LogP contribution in [0, 0.1) is 0 Å². The number of aromatic amines is 1. The molecule has 8 heteroatoms. The number of H-pyrrole nitrogens is 1. The molecule has 2 aromatic heterocycles. The van der Waals surface area contributed by atoms with Gasteiger partial charge >= 0.3 is 5.97 Å². The van der Waals surface area contributed by atoms with Crippen molar-refractivity contribution in [2.75, 3.05) is 13.2 Å². The van der Waals surface area contributed by atoms with E-state index in [1.54, 1.807) is 18.2 Å². The molecule has 3 aromatic rings. The fourth-order valence-electron chi connectivity index (χ4n) is 2.51. The molecule has 0 fully saturated rings. The van der Waals surface area contributed by atoms with E-state index in [0.717, 1.165) is 10.7 Å². The zero-order valence-electron chi connectivity index (χ0n) is 11.8. The minimum Gasteiger partial charge on any atom is -0.486 e. The predicted molar refractivity (Wildman–Crippen MR) is 79.2 cm³/mol. The Morgan fingerprint density at radius 3 is 2.78 bits per heavy atom. The van der Waals surface area contributed by atoms with Gasteiger partial charge in [0.05, 0.1) is 11.9 Å². The lowest BCUT2D eigenvalue weighted by Crippen LogP contribution is -2.16. The molecule has 1 aromatic carbocycles. The van der Waals surface area contributed by atoms with Gasteiger partial charge in [0.2, 0.25) is 0 Å². The molecule has 3 heterocycles. The van der Waals surface area contributed by atoms with E-state index < -0.39 is 11.5 Å². The summed E-state index contributed by atoms with van der Waals surface area (Å²) in [7, 11) is 0. The van der Waals surface area contributed by atoms with E-state index in [-0.39, 0.29) is 11.2 Å². The number of carboxylic acid groups (broad SMARTS) is 1. The van der Waals surface area contributed by atoms with Crippen molar-refractivity contribution in [2.24, 2.45) is 0 Å². The summed E-state index contributed by atoms with van der Waals surface area (Å²) in [4.78, 5) is 26.3. The van der Waals surface area contributed by atoms with Crippen LogP contribution in [0.15, 0.2) is 35.3 Å². The van der Waals surface area contributed by atoms with Crippen LogP contribution in [-0.2, 0) is 0 Å². The number of aromatic nitrogens is 3. The van der Waals surface area contributed by atoms with Crippen molar-refractivity contribution in [3.05, 3.63) is 46.4 Å². The van der Waals surface area contributed by atoms with Crippen molar-refractivity contribution in [1.29, 1.82) is 0 Å². The zero-order valence-corrected chi connectivity index (χ0v) is 11.8. The van der Waals surface area contributed by atoms with Crippen LogP contribution in [0.3, 0.4) is 0 Å². The first-order valence-corrected chi connectivity index (χ1v) is 6.88. The Morgan fingerprint density at radius 2 is 2.00 bits per heavy atom. The zero-order chi connectivity index (χ0) is 16.0. The Hall–Kier alpha value is -3.29. The maximum Gasteiger partial charge on any atom is 0.341 e. The monoisotopic (exact) mass is 313 g/mol. The van der Waals surface area contributed by atoms with Gasteiger partial charge in [0.1, 0.15) is 18.8 Å². The molecule has 4 rings (SSSR count). The summed E-state index contributed by atoms with van der Waals surface area (Å²) in [6, 6.07) is 6.62. The van der Waals surface area contributed by atoms with Crippen molar-refractivity contribution < 1.29 is 19.4 Å². The Balaban J connectivity index is 1.90. The van der Waals surface area contributed by atoms with E-state index in [9.17, 15) is 14.7 Å². The molecule has 0 spiro atoms. The van der Waals surface area contributed by atoms with Gasteiger partial charge in [0.15, 0.2) is 17.1 Å². The van der Waals surface area contributed by atoms with E-state index in [1.165, 1.54) is 6.07 Å². The molecule has 0 saturated heterocycles. The van der Waals surface area contributed by atoms with Gasteiger partial charge in [-0.25, -0.2) is 4.79 Å². The lowest BCUT2D eigenvalue weighted by Gasteiger charge is -2.18. The predicted octanol–water partition coefficient (Wildman–Crippen LogP) is 1.16. The van der Waals surface area contributed by atoms with Crippen LogP contribution in [0.1, 0.15) is 10.4 Å². The third-order valence-electron chi connectivity index (χ3n) is 3.58. The molecule has 0 amide bonds. The SMILES string of the molecule is O=C(O)c1cnn2c(=O)cc(-c3ccc4c(c3)OCCO4)[nH]c12. The number of fused-ring (bicyclic) bond motifs is 2. The number of nitrogens with one attached hydrogen (secondary N) is 1. The summed E-state index contributed by atoms with van der Waals surface area (Å²) in [5, 5.41) is 13.0. The van der Waals surface area contributed by atoms with Crippen molar-refractivity contribution in [3.63, 3.8) is 0 Å². The standard InChI is InChI=1S/C15H11N3O5/c19-13-6-10(17-14-9(15(20)21)7-16-18(13)14)8-1-2-11-12(5-8)23-4-3-22-11/h1-2,5-7,17H,3-4H2,(H,20,21). The number of aromatic carboxylic acids is 1. The molecule has 116 valence electrons. The fraction of sp³-hybridized carbons (Fsp3) is 0.133. The number of benzene rings is 1. The molecule has 0 bridgehead atoms. The number of rotatable bonds is 2. The normalized spacial score (nSPS) is 13.2.